The third-order valence-corrected chi connectivity index (χ3v) is 9.15. The summed E-state index contributed by atoms with van der Waals surface area (Å²) in [5.41, 5.74) is 4.41. The molecule has 0 radical (unpaired) electrons. The predicted octanol–water partition coefficient (Wildman–Crippen LogP) is 2.63. The first-order valence-corrected chi connectivity index (χ1v) is 16.3. The molecule has 0 spiro atoms. The van der Waals surface area contributed by atoms with E-state index in [9.17, 15) is 18.0 Å². The van der Waals surface area contributed by atoms with E-state index in [2.05, 4.69) is 41.8 Å². The van der Waals surface area contributed by atoms with E-state index in [1.165, 1.54) is 17.8 Å². The number of amides is 1. The molecule has 0 fully saturated rings. The molecule has 4 aromatic heterocycles. The lowest BCUT2D eigenvalue weighted by Crippen LogP contribution is -2.34. The van der Waals surface area contributed by atoms with Crippen LogP contribution in [0.4, 0.5) is 5.82 Å². The lowest BCUT2D eigenvalue weighted by atomic mass is 9.97. The zero-order valence-electron chi connectivity index (χ0n) is 25.6. The molecule has 0 unspecified atom stereocenters. The second-order valence-electron chi connectivity index (χ2n) is 11.1. The van der Waals surface area contributed by atoms with Gasteiger partial charge in [0, 0.05) is 43.9 Å². The summed E-state index contributed by atoms with van der Waals surface area (Å²) < 4.78 is 33.9. The zero-order chi connectivity index (χ0) is 32.9. The number of aromatic nitrogens is 6. The van der Waals surface area contributed by atoms with Gasteiger partial charge in [-0.05, 0) is 60.5 Å². The molecule has 47 heavy (non-hydrogen) atoms. The minimum atomic E-state index is -4.00. The average Bonchev–Trinajstić information content (AvgIpc) is 3.78. The van der Waals surface area contributed by atoms with Gasteiger partial charge in [-0.25, -0.2) is 14.2 Å². The molecule has 0 saturated heterocycles. The normalized spacial score (nSPS) is 13.0. The second-order valence-corrected chi connectivity index (χ2v) is 12.8. The number of pyridine rings is 1. The van der Waals surface area contributed by atoms with E-state index in [-0.39, 0.29) is 22.6 Å². The summed E-state index contributed by atoms with van der Waals surface area (Å²) in [6, 6.07) is 14.1. The summed E-state index contributed by atoms with van der Waals surface area (Å²) in [5.74, 6) is 5.53. The number of anilines is 1. The van der Waals surface area contributed by atoms with Gasteiger partial charge < -0.3 is 5.32 Å². The number of fused-ring (bicyclic) bond motifs is 1. The molecule has 1 aliphatic rings. The Morgan fingerprint density at radius 2 is 1.85 bits per heavy atom. The molecule has 0 aliphatic heterocycles. The predicted molar refractivity (Wildman–Crippen MR) is 177 cm³/mol. The SMILES string of the molecule is CNS(=O)(=O)Nc1nn2cccnc2c1C(=O)N[C@H](C)c1c2c3c(ccc(C#Cc4cnn(C)c4)c3c(=O)n1-c1ccccc1)CC2. The van der Waals surface area contributed by atoms with Crippen LogP contribution in [0.25, 0.3) is 22.1 Å². The highest BCUT2D eigenvalue weighted by atomic mass is 32.2. The van der Waals surface area contributed by atoms with Crippen LogP contribution < -0.4 is 20.3 Å². The molecule has 13 nitrogen and oxygen atoms in total. The van der Waals surface area contributed by atoms with E-state index in [0.717, 1.165) is 28.5 Å². The van der Waals surface area contributed by atoms with E-state index < -0.39 is 22.2 Å². The monoisotopic (exact) mass is 647 g/mol. The number of nitrogens with one attached hydrogen (secondary N) is 3. The molecule has 1 amide bonds. The van der Waals surface area contributed by atoms with Crippen LogP contribution >= 0.6 is 0 Å². The van der Waals surface area contributed by atoms with Crippen molar-refractivity contribution in [2.45, 2.75) is 25.8 Å². The van der Waals surface area contributed by atoms with Crippen LogP contribution in [0.15, 0.2) is 78.1 Å². The number of rotatable bonds is 7. The van der Waals surface area contributed by atoms with Gasteiger partial charge in [0.1, 0.15) is 5.56 Å². The Bertz CT molecular complexity index is 2450. The van der Waals surface area contributed by atoms with Crippen LogP contribution in [-0.2, 0) is 30.1 Å². The molecular weight excluding hydrogens is 618 g/mol. The van der Waals surface area contributed by atoms with Crippen molar-refractivity contribution in [2.75, 3.05) is 11.8 Å². The van der Waals surface area contributed by atoms with Crippen molar-refractivity contribution in [1.82, 2.24) is 39.0 Å². The molecule has 14 heteroatoms. The highest BCUT2D eigenvalue weighted by molar-refractivity contribution is 7.90. The minimum Gasteiger partial charge on any atom is -0.344 e. The van der Waals surface area contributed by atoms with Gasteiger partial charge in [0.25, 0.3) is 21.7 Å². The largest absolute Gasteiger partial charge is 0.344 e. The number of hydrogen-bond donors (Lipinski definition) is 3. The number of nitrogens with zero attached hydrogens (tertiary/aromatic N) is 6. The Kier molecular flexibility index (Phi) is 7.34. The Labute approximate surface area is 269 Å². The molecule has 6 aromatic rings. The van der Waals surface area contributed by atoms with Crippen LogP contribution in [0.5, 0.6) is 0 Å². The zero-order valence-corrected chi connectivity index (χ0v) is 26.5. The summed E-state index contributed by atoms with van der Waals surface area (Å²) in [6.45, 7) is 1.80. The smallest absolute Gasteiger partial charge is 0.300 e. The summed E-state index contributed by atoms with van der Waals surface area (Å²) in [7, 11) is -0.942. The van der Waals surface area contributed by atoms with Gasteiger partial charge in [-0.2, -0.15) is 13.5 Å². The van der Waals surface area contributed by atoms with Crippen LogP contribution in [0, 0.1) is 11.8 Å². The molecule has 0 bridgehead atoms. The van der Waals surface area contributed by atoms with Crippen molar-refractivity contribution in [3.63, 3.8) is 0 Å². The molecule has 1 atom stereocenters. The number of aryl methyl sites for hydroxylation is 3. The number of benzene rings is 2. The lowest BCUT2D eigenvalue weighted by Gasteiger charge is -2.24. The first-order chi connectivity index (χ1) is 22.6. The van der Waals surface area contributed by atoms with Gasteiger partial charge in [-0.3, -0.25) is 23.6 Å². The fourth-order valence-electron chi connectivity index (χ4n) is 6.12. The van der Waals surface area contributed by atoms with Gasteiger partial charge in [0.15, 0.2) is 11.5 Å². The van der Waals surface area contributed by atoms with Crippen molar-refractivity contribution in [3.8, 4) is 17.5 Å². The van der Waals surface area contributed by atoms with Crippen molar-refractivity contribution >= 4 is 38.4 Å². The van der Waals surface area contributed by atoms with Crippen molar-refractivity contribution < 1.29 is 13.2 Å². The fourth-order valence-corrected chi connectivity index (χ4v) is 6.62. The third-order valence-electron chi connectivity index (χ3n) is 8.15. The minimum absolute atomic E-state index is 0.0595. The second kappa shape index (κ2) is 11.5. The Morgan fingerprint density at radius 3 is 2.60 bits per heavy atom. The van der Waals surface area contributed by atoms with E-state index in [0.29, 0.717) is 28.8 Å². The van der Waals surface area contributed by atoms with E-state index in [4.69, 9.17) is 0 Å². The van der Waals surface area contributed by atoms with E-state index >= 15 is 0 Å². The number of carbonyl (C=O) groups is 1. The molecule has 3 N–H and O–H groups in total. The Morgan fingerprint density at radius 1 is 1.04 bits per heavy atom. The highest BCUT2D eigenvalue weighted by Gasteiger charge is 2.31. The molecule has 0 saturated carbocycles. The van der Waals surface area contributed by atoms with Crippen molar-refractivity contribution in [2.24, 2.45) is 7.05 Å². The number of carbonyl (C=O) groups excluding carboxylic acids is 1. The summed E-state index contributed by atoms with van der Waals surface area (Å²) in [5, 5.41) is 12.8. The van der Waals surface area contributed by atoms with E-state index in [1.54, 1.807) is 34.6 Å². The maximum absolute atomic E-state index is 14.6. The highest BCUT2D eigenvalue weighted by Crippen LogP contribution is 2.36. The van der Waals surface area contributed by atoms with Gasteiger partial charge in [0.05, 0.1) is 28.9 Å². The van der Waals surface area contributed by atoms with Crippen LogP contribution in [0.1, 0.15) is 51.3 Å². The van der Waals surface area contributed by atoms with Gasteiger partial charge in [0.2, 0.25) is 0 Å². The lowest BCUT2D eigenvalue weighted by molar-refractivity contribution is 0.0941. The standard InChI is InChI=1S/C33H29N9O4S/c1-20(37-32(43)28-30(39-47(45,46)34-2)38-41-17-7-16-35-31(28)41)29-25-15-14-22-12-13-23(11-10-21-18-36-40(3)19-21)27(26(22)25)33(44)42(29)24-8-5-4-6-9-24/h4-9,12-13,16-20,34H,14-15H2,1-3H3,(H,37,43)(H,38,39)/t20-/m1/s1. The van der Waals surface area contributed by atoms with Gasteiger partial charge in [-0.1, -0.05) is 36.1 Å². The van der Waals surface area contributed by atoms with Gasteiger partial charge in [-0.15, -0.1) is 5.10 Å². The van der Waals surface area contributed by atoms with Crippen molar-refractivity contribution in [1.29, 1.82) is 0 Å². The fraction of sp³-hybridized carbons (Fsp3) is 0.182. The quantitative estimate of drug-likeness (QED) is 0.225. The maximum atomic E-state index is 14.6. The third kappa shape index (κ3) is 5.31. The molecule has 4 heterocycles. The summed E-state index contributed by atoms with van der Waals surface area (Å²) in [6.07, 6.45) is 7.91. The number of hydrogen-bond acceptors (Lipinski definition) is 7. The summed E-state index contributed by atoms with van der Waals surface area (Å²) >= 11 is 0. The molecule has 236 valence electrons. The Balaban J connectivity index is 1.39. The Hall–Kier alpha value is -5.78. The maximum Gasteiger partial charge on any atom is 0.300 e. The molecule has 2 aromatic carbocycles. The topological polar surface area (TPSA) is 157 Å². The van der Waals surface area contributed by atoms with Crippen molar-refractivity contribution in [3.05, 3.63) is 117 Å². The first-order valence-electron chi connectivity index (χ1n) is 14.8. The van der Waals surface area contributed by atoms with E-state index in [1.807, 2.05) is 55.7 Å². The number of para-hydroxylation sites is 1. The van der Waals surface area contributed by atoms with Crippen LogP contribution in [0.2, 0.25) is 0 Å². The molecule has 1 aliphatic carbocycles. The summed E-state index contributed by atoms with van der Waals surface area (Å²) in [4.78, 5) is 32.9. The molecular formula is C33H29N9O4S. The average molecular weight is 648 g/mol. The first kappa shape index (κ1) is 29.9. The van der Waals surface area contributed by atoms with Crippen LogP contribution in [-0.4, -0.2) is 50.3 Å². The van der Waals surface area contributed by atoms with Gasteiger partial charge >= 0.3 is 0 Å². The molecule has 7 rings (SSSR count). The van der Waals surface area contributed by atoms with Crippen LogP contribution in [0.3, 0.4) is 0 Å².